The van der Waals surface area contributed by atoms with Crippen molar-refractivity contribution in [1.82, 2.24) is 5.32 Å². The number of carbonyl (C=O) groups is 2. The topological polar surface area (TPSA) is 194 Å². The highest BCUT2D eigenvalue weighted by Crippen LogP contribution is 2.00. The van der Waals surface area contributed by atoms with Crippen LogP contribution in [-0.4, -0.2) is 41.6 Å². The lowest BCUT2D eigenvalue weighted by atomic mass is 10.1. The van der Waals surface area contributed by atoms with Crippen molar-refractivity contribution in [3.8, 4) is 0 Å². The number of carbonyl (C=O) groups excluding carboxylic acids is 1. The maximum absolute atomic E-state index is 10.6. The molecule has 0 fully saturated rings. The number of primary amides is 1. The number of nitrogens with one attached hydrogen (secondary N) is 2. The van der Waals surface area contributed by atoms with Gasteiger partial charge in [-0.25, -0.2) is 0 Å². The highest BCUT2D eigenvalue weighted by atomic mass is 16.4. The Morgan fingerprint density at radius 3 is 2.17 bits per heavy atom. The number of amides is 1. The molecule has 0 radical (unpaired) electrons. The van der Waals surface area contributed by atoms with Crippen LogP contribution in [0, 0.1) is 5.41 Å². The molecule has 0 heterocycles. The van der Waals surface area contributed by atoms with Gasteiger partial charge in [-0.1, -0.05) is 30.3 Å². The Balaban J connectivity index is 0.000000441. The molecule has 1 unspecified atom stereocenters. The first-order valence-electron chi connectivity index (χ1n) is 7.39. The van der Waals surface area contributed by atoms with Gasteiger partial charge in [0.05, 0.1) is 6.04 Å². The summed E-state index contributed by atoms with van der Waals surface area (Å²) < 4.78 is 0. The number of guanidine groups is 1. The molecule has 24 heavy (non-hydrogen) atoms. The molecule has 1 aromatic rings. The van der Waals surface area contributed by atoms with E-state index in [9.17, 15) is 9.59 Å². The molecule has 0 aliphatic heterocycles. The van der Waals surface area contributed by atoms with Gasteiger partial charge >= 0.3 is 5.97 Å². The average molecular weight is 338 g/mol. The molecule has 0 aromatic heterocycles. The second kappa shape index (κ2) is 11.9. The molecule has 0 spiro atoms. The fraction of sp³-hybridized carbons (Fsp3) is 0.400. The van der Waals surface area contributed by atoms with Crippen LogP contribution in [0.25, 0.3) is 0 Å². The molecule has 1 amide bonds. The lowest BCUT2D eigenvalue weighted by Crippen LogP contribution is -2.38. The number of aliphatic carboxylic acids is 1. The van der Waals surface area contributed by atoms with Crippen molar-refractivity contribution in [3.63, 3.8) is 0 Å². The van der Waals surface area contributed by atoms with E-state index < -0.39 is 24.0 Å². The third kappa shape index (κ3) is 11.0. The molecular weight excluding hydrogens is 312 g/mol. The third-order valence-corrected chi connectivity index (χ3v) is 2.99. The Hall–Kier alpha value is -2.65. The van der Waals surface area contributed by atoms with E-state index in [0.717, 1.165) is 5.56 Å². The standard InChI is InChI=1S/C9H12N2O.C6H14N4O2/c10-8(9(11)12)6-7-4-2-1-3-5-7;7-4(5(11)12)2-1-3-10-6(8)9/h1-5,8H,6,10H2,(H2,11,12);4H,1-3,7H2,(H,11,12)(H4,8,9,10)/t;4-/m.0/s1. The molecule has 11 N–H and O–H groups in total. The van der Waals surface area contributed by atoms with E-state index >= 15 is 0 Å². The summed E-state index contributed by atoms with van der Waals surface area (Å²) in [6.45, 7) is 0.482. The van der Waals surface area contributed by atoms with Crippen LogP contribution < -0.4 is 28.3 Å². The highest BCUT2D eigenvalue weighted by Gasteiger charge is 2.10. The summed E-state index contributed by atoms with van der Waals surface area (Å²) in [5.74, 6) is -1.57. The molecule has 1 aromatic carbocycles. The second-order valence-electron chi connectivity index (χ2n) is 5.13. The predicted octanol–water partition coefficient (Wildman–Crippen LogP) is -1.30. The Morgan fingerprint density at radius 2 is 1.71 bits per heavy atom. The van der Waals surface area contributed by atoms with Crippen molar-refractivity contribution in [1.29, 1.82) is 5.41 Å². The van der Waals surface area contributed by atoms with Crippen LogP contribution in [0.2, 0.25) is 0 Å². The van der Waals surface area contributed by atoms with Gasteiger partial charge < -0.3 is 33.4 Å². The smallest absolute Gasteiger partial charge is 0.320 e. The molecule has 1 rings (SSSR count). The summed E-state index contributed by atoms with van der Waals surface area (Å²) in [5, 5.41) is 17.7. The van der Waals surface area contributed by atoms with Crippen molar-refractivity contribution in [2.45, 2.75) is 31.3 Å². The molecule has 134 valence electrons. The number of carboxylic acids is 1. The quantitative estimate of drug-likeness (QED) is 0.174. The number of hydrogen-bond donors (Lipinski definition) is 7. The van der Waals surface area contributed by atoms with Gasteiger partial charge in [0.15, 0.2) is 5.96 Å². The average Bonchev–Trinajstić information content (AvgIpc) is 2.52. The van der Waals surface area contributed by atoms with Crippen molar-refractivity contribution in [3.05, 3.63) is 35.9 Å². The van der Waals surface area contributed by atoms with Crippen LogP contribution in [0.5, 0.6) is 0 Å². The van der Waals surface area contributed by atoms with Crippen LogP contribution in [-0.2, 0) is 16.0 Å². The Bertz CT molecular complexity index is 523. The summed E-state index contributed by atoms with van der Waals surface area (Å²) in [5.41, 5.74) is 21.7. The van der Waals surface area contributed by atoms with E-state index in [1.807, 2.05) is 30.3 Å². The number of benzene rings is 1. The summed E-state index contributed by atoms with van der Waals surface area (Å²) in [4.78, 5) is 20.8. The van der Waals surface area contributed by atoms with E-state index in [4.69, 9.17) is 33.5 Å². The van der Waals surface area contributed by atoms with E-state index in [1.165, 1.54) is 0 Å². The number of carboxylic acid groups (broad SMARTS) is 1. The van der Waals surface area contributed by atoms with Gasteiger partial charge in [-0.2, -0.15) is 0 Å². The lowest BCUT2D eigenvalue weighted by Gasteiger charge is -2.06. The van der Waals surface area contributed by atoms with Crippen molar-refractivity contribution in [2.75, 3.05) is 6.54 Å². The van der Waals surface area contributed by atoms with Crippen LogP contribution in [0.15, 0.2) is 30.3 Å². The summed E-state index contributed by atoms with van der Waals surface area (Å²) in [6.07, 6.45) is 1.48. The predicted molar refractivity (Wildman–Crippen MR) is 92.1 cm³/mol. The number of rotatable bonds is 8. The van der Waals surface area contributed by atoms with Crippen molar-refractivity contribution < 1.29 is 14.7 Å². The van der Waals surface area contributed by atoms with E-state index in [1.54, 1.807) is 0 Å². The molecule has 9 heteroatoms. The van der Waals surface area contributed by atoms with E-state index in [0.29, 0.717) is 25.8 Å². The van der Waals surface area contributed by atoms with Gasteiger partial charge in [0, 0.05) is 6.54 Å². The molecule has 0 saturated carbocycles. The van der Waals surface area contributed by atoms with Gasteiger partial charge in [-0.3, -0.25) is 15.0 Å². The van der Waals surface area contributed by atoms with E-state index in [-0.39, 0.29) is 5.96 Å². The minimum absolute atomic E-state index is 0.112. The molecule has 0 bridgehead atoms. The molecule has 9 nitrogen and oxygen atoms in total. The molecule has 0 aliphatic rings. The molecule has 2 atom stereocenters. The van der Waals surface area contributed by atoms with Crippen LogP contribution >= 0.6 is 0 Å². The fourth-order valence-corrected chi connectivity index (χ4v) is 1.64. The van der Waals surface area contributed by atoms with E-state index in [2.05, 4.69) is 5.32 Å². The maximum Gasteiger partial charge on any atom is 0.320 e. The van der Waals surface area contributed by atoms with Crippen molar-refractivity contribution in [2.24, 2.45) is 22.9 Å². The first-order valence-corrected chi connectivity index (χ1v) is 7.39. The third-order valence-electron chi connectivity index (χ3n) is 2.99. The number of hydrogen-bond acceptors (Lipinski definition) is 5. The number of nitrogens with two attached hydrogens (primary N) is 4. The monoisotopic (exact) mass is 338 g/mol. The largest absolute Gasteiger partial charge is 0.480 e. The molecule has 0 aliphatic carbocycles. The minimum atomic E-state index is -1.00. The zero-order chi connectivity index (χ0) is 18.5. The zero-order valence-corrected chi connectivity index (χ0v) is 13.4. The van der Waals surface area contributed by atoms with Crippen LogP contribution in [0.4, 0.5) is 0 Å². The summed E-state index contributed by atoms with van der Waals surface area (Å²) in [7, 11) is 0. The van der Waals surface area contributed by atoms with Gasteiger partial charge in [-0.05, 0) is 24.8 Å². The molecular formula is C15H26N6O3. The lowest BCUT2D eigenvalue weighted by molar-refractivity contribution is -0.138. The van der Waals surface area contributed by atoms with Gasteiger partial charge in [-0.15, -0.1) is 0 Å². The van der Waals surface area contributed by atoms with Crippen molar-refractivity contribution >= 4 is 17.8 Å². The maximum atomic E-state index is 10.6. The minimum Gasteiger partial charge on any atom is -0.480 e. The summed E-state index contributed by atoms with van der Waals surface area (Å²) in [6, 6.07) is 8.17. The SMILES string of the molecule is N=C(N)NCCC[C@H](N)C(=O)O.NC(=O)C(N)Cc1ccccc1. The Kier molecular flexibility index (Phi) is 10.5. The first kappa shape index (κ1) is 21.4. The van der Waals surface area contributed by atoms with Gasteiger partial charge in [0.1, 0.15) is 6.04 Å². The molecule has 0 saturated heterocycles. The fourth-order valence-electron chi connectivity index (χ4n) is 1.64. The van der Waals surface area contributed by atoms with Gasteiger partial charge in [0.25, 0.3) is 0 Å². The first-order chi connectivity index (χ1) is 11.2. The zero-order valence-electron chi connectivity index (χ0n) is 13.4. The highest BCUT2D eigenvalue weighted by molar-refractivity contribution is 5.79. The summed E-state index contributed by atoms with van der Waals surface area (Å²) >= 11 is 0. The van der Waals surface area contributed by atoms with Crippen LogP contribution in [0.1, 0.15) is 18.4 Å². The Morgan fingerprint density at radius 1 is 1.12 bits per heavy atom. The normalized spacial score (nSPS) is 12.2. The van der Waals surface area contributed by atoms with Crippen LogP contribution in [0.3, 0.4) is 0 Å². The Labute approximate surface area is 140 Å². The van der Waals surface area contributed by atoms with Gasteiger partial charge in [0.2, 0.25) is 5.91 Å². The second-order valence-corrected chi connectivity index (χ2v) is 5.13.